The number of amides is 1. The van der Waals surface area contributed by atoms with E-state index in [0.717, 1.165) is 22.8 Å². The zero-order valence-corrected chi connectivity index (χ0v) is 17.8. The van der Waals surface area contributed by atoms with Crippen LogP contribution in [0, 0.1) is 13.8 Å². The van der Waals surface area contributed by atoms with Crippen molar-refractivity contribution in [1.29, 1.82) is 0 Å². The molecule has 0 aliphatic heterocycles. The van der Waals surface area contributed by atoms with Gasteiger partial charge in [0.1, 0.15) is 11.6 Å². The Balaban J connectivity index is 1.61. The highest BCUT2D eigenvalue weighted by Crippen LogP contribution is 2.27. The normalized spacial score (nSPS) is 11.6. The molecule has 1 unspecified atom stereocenters. The van der Waals surface area contributed by atoms with Crippen LogP contribution in [0.15, 0.2) is 42.5 Å². The van der Waals surface area contributed by atoms with E-state index in [4.69, 9.17) is 21.1 Å². The fourth-order valence-electron chi connectivity index (χ4n) is 2.72. The molecule has 0 saturated carbocycles. The average molecular weight is 428 g/mol. The van der Waals surface area contributed by atoms with Crippen molar-refractivity contribution in [3.8, 4) is 17.1 Å². The number of carbonyl (C=O) groups excluding carboxylic acids is 2. The van der Waals surface area contributed by atoms with Crippen molar-refractivity contribution >= 4 is 29.2 Å². The zero-order valence-electron chi connectivity index (χ0n) is 17.1. The Morgan fingerprint density at radius 3 is 2.40 bits per heavy atom. The lowest BCUT2D eigenvalue weighted by atomic mass is 10.1. The Morgan fingerprint density at radius 2 is 1.83 bits per heavy atom. The summed E-state index contributed by atoms with van der Waals surface area (Å²) in [4.78, 5) is 32.4. The van der Waals surface area contributed by atoms with Crippen LogP contribution >= 0.6 is 11.6 Å². The number of hydrogen-bond acceptors (Lipinski definition) is 5. The van der Waals surface area contributed by atoms with E-state index in [0.29, 0.717) is 22.0 Å². The number of methoxy groups -OCH3 is 1. The van der Waals surface area contributed by atoms with E-state index >= 15 is 0 Å². The number of aryl methyl sites for hydroxylation is 2. The molecule has 0 saturated heterocycles. The summed E-state index contributed by atoms with van der Waals surface area (Å²) < 4.78 is 10.4. The van der Waals surface area contributed by atoms with Crippen molar-refractivity contribution < 1.29 is 19.1 Å². The van der Waals surface area contributed by atoms with Crippen LogP contribution in [-0.2, 0) is 9.53 Å². The number of nitrogens with zero attached hydrogens (tertiary/aromatic N) is 1. The molecule has 2 N–H and O–H groups in total. The minimum Gasteiger partial charge on any atom is -0.495 e. The van der Waals surface area contributed by atoms with Gasteiger partial charge in [0.05, 0.1) is 23.4 Å². The molecule has 1 heterocycles. The molecule has 156 valence electrons. The summed E-state index contributed by atoms with van der Waals surface area (Å²) in [7, 11) is 1.50. The van der Waals surface area contributed by atoms with Crippen LogP contribution in [-0.4, -0.2) is 35.1 Å². The molecule has 30 heavy (non-hydrogen) atoms. The molecular formula is C22H22ClN3O4. The highest BCUT2D eigenvalue weighted by atomic mass is 35.5. The van der Waals surface area contributed by atoms with E-state index < -0.39 is 18.0 Å². The van der Waals surface area contributed by atoms with Crippen molar-refractivity contribution in [1.82, 2.24) is 9.97 Å². The molecular weight excluding hydrogens is 406 g/mol. The number of carbonyl (C=O) groups is 2. The molecule has 1 atom stereocenters. The maximum Gasteiger partial charge on any atom is 0.338 e. The third kappa shape index (κ3) is 4.80. The van der Waals surface area contributed by atoms with Gasteiger partial charge >= 0.3 is 5.97 Å². The molecule has 0 aliphatic carbocycles. The Kier molecular flexibility index (Phi) is 6.42. The number of rotatable bonds is 6. The van der Waals surface area contributed by atoms with Gasteiger partial charge in [-0.1, -0.05) is 23.7 Å². The third-order valence-electron chi connectivity index (χ3n) is 4.59. The molecule has 2 aromatic carbocycles. The lowest BCUT2D eigenvalue weighted by molar-refractivity contribution is -0.123. The van der Waals surface area contributed by atoms with Gasteiger partial charge in [-0.15, -0.1) is 0 Å². The van der Waals surface area contributed by atoms with Crippen molar-refractivity contribution in [2.24, 2.45) is 0 Å². The predicted molar refractivity (Wildman–Crippen MR) is 115 cm³/mol. The van der Waals surface area contributed by atoms with E-state index in [1.54, 1.807) is 42.5 Å². The van der Waals surface area contributed by atoms with E-state index in [9.17, 15) is 9.59 Å². The molecule has 3 aromatic rings. The molecule has 3 rings (SSSR count). The van der Waals surface area contributed by atoms with Crippen molar-refractivity contribution in [2.45, 2.75) is 26.9 Å². The summed E-state index contributed by atoms with van der Waals surface area (Å²) in [5.74, 6) is 0.166. The number of ether oxygens (including phenoxy) is 2. The van der Waals surface area contributed by atoms with Gasteiger partial charge in [-0.25, -0.2) is 9.78 Å². The van der Waals surface area contributed by atoms with Gasteiger partial charge in [0.2, 0.25) is 0 Å². The number of halogens is 1. The van der Waals surface area contributed by atoms with Gasteiger partial charge in [0, 0.05) is 16.9 Å². The molecule has 1 aromatic heterocycles. The summed E-state index contributed by atoms with van der Waals surface area (Å²) in [5, 5.41) is 3.02. The maximum atomic E-state index is 12.4. The predicted octanol–water partition coefficient (Wildman–Crippen LogP) is 4.54. The lowest BCUT2D eigenvalue weighted by Gasteiger charge is -2.14. The number of anilines is 1. The Hall–Kier alpha value is -3.32. The van der Waals surface area contributed by atoms with Crippen LogP contribution in [0.1, 0.15) is 28.7 Å². The molecule has 0 spiro atoms. The van der Waals surface area contributed by atoms with Gasteiger partial charge in [-0.3, -0.25) is 4.79 Å². The van der Waals surface area contributed by atoms with Gasteiger partial charge < -0.3 is 19.8 Å². The highest BCUT2D eigenvalue weighted by Gasteiger charge is 2.19. The van der Waals surface area contributed by atoms with Crippen LogP contribution in [0.4, 0.5) is 5.69 Å². The summed E-state index contributed by atoms with van der Waals surface area (Å²) >= 11 is 6.06. The average Bonchev–Trinajstić information content (AvgIpc) is 3.06. The first-order chi connectivity index (χ1) is 14.3. The van der Waals surface area contributed by atoms with Crippen molar-refractivity contribution in [3.63, 3.8) is 0 Å². The van der Waals surface area contributed by atoms with Crippen LogP contribution in [0.5, 0.6) is 5.75 Å². The van der Waals surface area contributed by atoms with E-state index in [2.05, 4.69) is 15.3 Å². The topological polar surface area (TPSA) is 93.3 Å². The first-order valence-electron chi connectivity index (χ1n) is 9.27. The molecule has 1 amide bonds. The number of benzene rings is 2. The van der Waals surface area contributed by atoms with Crippen LogP contribution in [0.3, 0.4) is 0 Å². The first kappa shape index (κ1) is 21.4. The smallest absolute Gasteiger partial charge is 0.338 e. The number of nitrogens with one attached hydrogen (secondary N) is 2. The second-order valence-electron chi connectivity index (χ2n) is 6.76. The number of H-pyrrole nitrogens is 1. The van der Waals surface area contributed by atoms with Gasteiger partial charge in [0.25, 0.3) is 5.91 Å². The SMILES string of the molecule is COc1ccc(NC(=O)C(C)OC(=O)c2ccc(-c3nc(C)c(C)[nH]3)cc2)cc1Cl. The summed E-state index contributed by atoms with van der Waals surface area (Å²) in [6.45, 7) is 5.37. The minimum absolute atomic E-state index is 0.339. The van der Waals surface area contributed by atoms with Crippen LogP contribution in [0.2, 0.25) is 5.02 Å². The largest absolute Gasteiger partial charge is 0.495 e. The standard InChI is InChI=1S/C22H22ClN3O4/c1-12-13(2)25-20(24-12)15-5-7-16(8-6-15)22(28)30-14(3)21(27)26-17-9-10-19(29-4)18(23)11-17/h5-11,14H,1-4H3,(H,24,25)(H,26,27). The Morgan fingerprint density at radius 1 is 1.13 bits per heavy atom. The lowest BCUT2D eigenvalue weighted by Crippen LogP contribution is -2.30. The molecule has 0 radical (unpaired) electrons. The number of aromatic nitrogens is 2. The summed E-state index contributed by atoms with van der Waals surface area (Å²) in [5.41, 5.74) is 3.58. The number of hydrogen-bond donors (Lipinski definition) is 2. The van der Waals surface area contributed by atoms with Crippen LogP contribution in [0.25, 0.3) is 11.4 Å². The monoisotopic (exact) mass is 427 g/mol. The van der Waals surface area contributed by atoms with E-state index in [-0.39, 0.29) is 0 Å². The Labute approximate surface area is 179 Å². The Bertz CT molecular complexity index is 1060. The summed E-state index contributed by atoms with van der Waals surface area (Å²) in [6.07, 6.45) is -0.992. The second-order valence-corrected chi connectivity index (χ2v) is 7.17. The summed E-state index contributed by atoms with van der Waals surface area (Å²) in [6, 6.07) is 11.7. The van der Waals surface area contributed by atoms with Crippen molar-refractivity contribution in [2.75, 3.05) is 12.4 Å². The highest BCUT2D eigenvalue weighted by molar-refractivity contribution is 6.32. The third-order valence-corrected chi connectivity index (χ3v) is 4.89. The molecule has 0 fully saturated rings. The van der Waals surface area contributed by atoms with Crippen molar-refractivity contribution in [3.05, 3.63) is 64.4 Å². The minimum atomic E-state index is -0.992. The fourth-order valence-corrected chi connectivity index (χ4v) is 2.98. The number of esters is 1. The van der Waals surface area contributed by atoms with E-state index in [1.807, 2.05) is 13.8 Å². The number of aromatic amines is 1. The van der Waals surface area contributed by atoms with Crippen LogP contribution < -0.4 is 10.1 Å². The van der Waals surface area contributed by atoms with Gasteiger partial charge in [0.15, 0.2) is 6.10 Å². The molecule has 8 heteroatoms. The molecule has 7 nitrogen and oxygen atoms in total. The van der Waals surface area contributed by atoms with Gasteiger partial charge in [-0.05, 0) is 51.1 Å². The molecule has 0 aliphatic rings. The van der Waals surface area contributed by atoms with E-state index in [1.165, 1.54) is 14.0 Å². The first-order valence-corrected chi connectivity index (χ1v) is 9.65. The maximum absolute atomic E-state index is 12.4. The number of imidazole rings is 1. The quantitative estimate of drug-likeness (QED) is 0.563. The zero-order chi connectivity index (χ0) is 21.8. The second kappa shape index (κ2) is 9.00. The molecule has 0 bridgehead atoms. The fraction of sp³-hybridized carbons (Fsp3) is 0.227. The van der Waals surface area contributed by atoms with Gasteiger partial charge in [-0.2, -0.15) is 0 Å².